The van der Waals surface area contributed by atoms with Gasteiger partial charge < -0.3 is 9.26 Å². The van der Waals surface area contributed by atoms with Crippen molar-refractivity contribution in [3.8, 4) is 10.7 Å². The van der Waals surface area contributed by atoms with Crippen molar-refractivity contribution in [3.63, 3.8) is 0 Å². The first-order valence-electron chi connectivity index (χ1n) is 5.81. The van der Waals surface area contributed by atoms with Crippen LogP contribution in [-0.4, -0.2) is 41.7 Å². The Bertz CT molecular complexity index is 524. The molecule has 0 aliphatic carbocycles. The fourth-order valence-electron chi connectivity index (χ4n) is 1.52. The Morgan fingerprint density at radius 2 is 2.42 bits per heavy atom. The highest BCUT2D eigenvalue weighted by atomic mass is 32.1. The van der Waals surface area contributed by atoms with E-state index in [0.29, 0.717) is 31.2 Å². The van der Waals surface area contributed by atoms with Gasteiger partial charge in [0, 0.05) is 6.54 Å². The molecule has 2 aromatic rings. The van der Waals surface area contributed by atoms with Gasteiger partial charge in [-0.15, -0.1) is 11.3 Å². The van der Waals surface area contributed by atoms with E-state index in [2.05, 4.69) is 14.9 Å². The Labute approximate surface area is 115 Å². The lowest BCUT2D eigenvalue weighted by molar-refractivity contribution is -0.140. The van der Waals surface area contributed by atoms with Gasteiger partial charge in [0.2, 0.25) is 11.7 Å². The third-order valence-corrected chi connectivity index (χ3v) is 3.41. The highest BCUT2D eigenvalue weighted by molar-refractivity contribution is 7.13. The molecule has 6 nitrogen and oxygen atoms in total. The summed E-state index contributed by atoms with van der Waals surface area (Å²) in [6, 6.07) is 3.89. The van der Waals surface area contributed by atoms with Crippen LogP contribution in [0.2, 0.25) is 0 Å². The standard InChI is InChI=1S/C12H15N3O3S/c1-15(6-5-11(16)17-2)8-10-13-12(14-18-10)9-4-3-7-19-9/h3-4,7H,5-6,8H2,1-2H3. The lowest BCUT2D eigenvalue weighted by Crippen LogP contribution is -2.22. The van der Waals surface area contributed by atoms with Crippen LogP contribution in [0.1, 0.15) is 12.3 Å². The minimum absolute atomic E-state index is 0.225. The van der Waals surface area contributed by atoms with Crippen molar-refractivity contribution < 1.29 is 14.1 Å². The monoisotopic (exact) mass is 281 g/mol. The number of hydrogen-bond donors (Lipinski definition) is 0. The smallest absolute Gasteiger partial charge is 0.306 e. The summed E-state index contributed by atoms with van der Waals surface area (Å²) in [5.41, 5.74) is 0. The zero-order valence-corrected chi connectivity index (χ0v) is 11.6. The third-order valence-electron chi connectivity index (χ3n) is 2.54. The number of methoxy groups -OCH3 is 1. The summed E-state index contributed by atoms with van der Waals surface area (Å²) in [5, 5.41) is 5.90. The fourth-order valence-corrected chi connectivity index (χ4v) is 2.17. The largest absolute Gasteiger partial charge is 0.469 e. The fraction of sp³-hybridized carbons (Fsp3) is 0.417. The maximum Gasteiger partial charge on any atom is 0.306 e. The van der Waals surface area contributed by atoms with E-state index in [-0.39, 0.29) is 5.97 Å². The maximum atomic E-state index is 11.0. The van der Waals surface area contributed by atoms with Crippen molar-refractivity contribution >= 4 is 17.3 Å². The molecule has 0 N–H and O–H groups in total. The molecule has 0 unspecified atom stereocenters. The van der Waals surface area contributed by atoms with Crippen molar-refractivity contribution in [2.75, 3.05) is 20.7 Å². The highest BCUT2D eigenvalue weighted by Gasteiger charge is 2.12. The topological polar surface area (TPSA) is 68.5 Å². The molecule has 0 fully saturated rings. The van der Waals surface area contributed by atoms with E-state index >= 15 is 0 Å². The SMILES string of the molecule is COC(=O)CCN(C)Cc1nc(-c2cccs2)no1. The molecule has 0 spiro atoms. The molecular formula is C12H15N3O3S. The first kappa shape index (κ1) is 13.7. The van der Waals surface area contributed by atoms with Gasteiger partial charge in [-0.25, -0.2) is 0 Å². The van der Waals surface area contributed by atoms with Crippen LogP contribution in [0.25, 0.3) is 10.7 Å². The number of carbonyl (C=O) groups is 1. The molecule has 7 heteroatoms. The molecule has 0 saturated heterocycles. The number of thiophene rings is 1. The second kappa shape index (κ2) is 6.44. The van der Waals surface area contributed by atoms with Crippen molar-refractivity contribution in [1.82, 2.24) is 15.0 Å². The summed E-state index contributed by atoms with van der Waals surface area (Å²) >= 11 is 1.57. The number of aromatic nitrogens is 2. The van der Waals surface area contributed by atoms with Crippen molar-refractivity contribution in [2.45, 2.75) is 13.0 Å². The molecular weight excluding hydrogens is 266 g/mol. The predicted molar refractivity (Wildman–Crippen MR) is 70.6 cm³/mol. The van der Waals surface area contributed by atoms with Gasteiger partial charge in [-0.2, -0.15) is 4.98 Å². The van der Waals surface area contributed by atoms with E-state index in [4.69, 9.17) is 4.52 Å². The minimum atomic E-state index is -0.225. The number of carbonyl (C=O) groups excluding carboxylic acids is 1. The zero-order chi connectivity index (χ0) is 13.7. The minimum Gasteiger partial charge on any atom is -0.469 e. The normalized spacial score (nSPS) is 10.9. The number of nitrogens with zero attached hydrogens (tertiary/aromatic N) is 3. The first-order chi connectivity index (χ1) is 9.19. The van der Waals surface area contributed by atoms with E-state index in [1.807, 2.05) is 29.5 Å². The predicted octanol–water partition coefficient (Wildman–Crippen LogP) is 1.79. The molecule has 0 saturated carbocycles. The summed E-state index contributed by atoms with van der Waals surface area (Å²) in [6.07, 6.45) is 0.346. The summed E-state index contributed by atoms with van der Waals surface area (Å²) in [4.78, 5) is 18.3. The number of rotatable bonds is 6. The van der Waals surface area contributed by atoms with Crippen LogP contribution in [0.5, 0.6) is 0 Å². The molecule has 2 aromatic heterocycles. The second-order valence-corrected chi connectivity index (χ2v) is 5.00. The maximum absolute atomic E-state index is 11.0. The van der Waals surface area contributed by atoms with Gasteiger partial charge in [-0.3, -0.25) is 9.69 Å². The highest BCUT2D eigenvalue weighted by Crippen LogP contribution is 2.21. The Kier molecular flexibility index (Phi) is 4.64. The summed E-state index contributed by atoms with van der Waals surface area (Å²) in [5.74, 6) is 0.916. The van der Waals surface area contributed by atoms with E-state index in [9.17, 15) is 4.79 Å². The first-order valence-corrected chi connectivity index (χ1v) is 6.69. The van der Waals surface area contributed by atoms with Crippen molar-refractivity contribution in [1.29, 1.82) is 0 Å². The molecule has 19 heavy (non-hydrogen) atoms. The van der Waals surface area contributed by atoms with Gasteiger partial charge in [0.15, 0.2) is 0 Å². The molecule has 0 aliphatic heterocycles. The van der Waals surface area contributed by atoms with Crippen LogP contribution in [0, 0.1) is 0 Å². The molecule has 0 bridgehead atoms. The van der Waals surface area contributed by atoms with Gasteiger partial charge in [-0.05, 0) is 18.5 Å². The van der Waals surface area contributed by atoms with Gasteiger partial charge in [-0.1, -0.05) is 11.2 Å². The number of hydrogen-bond acceptors (Lipinski definition) is 7. The quantitative estimate of drug-likeness (QED) is 0.752. The van der Waals surface area contributed by atoms with Gasteiger partial charge >= 0.3 is 5.97 Å². The van der Waals surface area contributed by atoms with Crippen molar-refractivity contribution in [3.05, 3.63) is 23.4 Å². The van der Waals surface area contributed by atoms with Crippen molar-refractivity contribution in [2.24, 2.45) is 0 Å². The average molecular weight is 281 g/mol. The Morgan fingerprint density at radius 3 is 3.11 bits per heavy atom. The summed E-state index contributed by atoms with van der Waals surface area (Å²) < 4.78 is 9.77. The van der Waals surface area contributed by atoms with E-state index in [0.717, 1.165) is 4.88 Å². The second-order valence-electron chi connectivity index (χ2n) is 4.05. The van der Waals surface area contributed by atoms with Crippen LogP contribution in [0.3, 0.4) is 0 Å². The lowest BCUT2D eigenvalue weighted by Gasteiger charge is -2.12. The van der Waals surface area contributed by atoms with E-state index < -0.39 is 0 Å². The van der Waals surface area contributed by atoms with Crippen LogP contribution in [0.4, 0.5) is 0 Å². The van der Waals surface area contributed by atoms with Gasteiger partial charge in [0.05, 0.1) is 25.0 Å². The number of ether oxygens (including phenoxy) is 1. The van der Waals surface area contributed by atoms with Crippen LogP contribution < -0.4 is 0 Å². The molecule has 0 amide bonds. The zero-order valence-electron chi connectivity index (χ0n) is 10.8. The van der Waals surface area contributed by atoms with E-state index in [1.165, 1.54) is 7.11 Å². The molecule has 102 valence electrons. The number of esters is 1. The lowest BCUT2D eigenvalue weighted by atomic mass is 10.4. The van der Waals surface area contributed by atoms with Crippen LogP contribution in [0.15, 0.2) is 22.0 Å². The average Bonchev–Trinajstić information content (AvgIpc) is 3.06. The Morgan fingerprint density at radius 1 is 1.58 bits per heavy atom. The molecule has 2 rings (SSSR count). The molecule has 0 aromatic carbocycles. The Balaban J connectivity index is 1.88. The Hall–Kier alpha value is -1.73. The molecule has 0 radical (unpaired) electrons. The summed E-state index contributed by atoms with van der Waals surface area (Å²) in [6.45, 7) is 1.10. The van der Waals surface area contributed by atoms with Gasteiger partial charge in [0.1, 0.15) is 0 Å². The van der Waals surface area contributed by atoms with Gasteiger partial charge in [0.25, 0.3) is 0 Å². The third kappa shape index (κ3) is 3.87. The summed E-state index contributed by atoms with van der Waals surface area (Å²) in [7, 11) is 3.27. The molecule has 2 heterocycles. The van der Waals surface area contributed by atoms with Crippen LogP contribution >= 0.6 is 11.3 Å². The molecule has 0 atom stereocenters. The molecule has 0 aliphatic rings. The van der Waals surface area contributed by atoms with E-state index in [1.54, 1.807) is 11.3 Å². The van der Waals surface area contributed by atoms with Crippen LogP contribution in [-0.2, 0) is 16.1 Å².